The van der Waals surface area contributed by atoms with Gasteiger partial charge in [-0.2, -0.15) is 0 Å². The molecule has 0 saturated carbocycles. The van der Waals surface area contributed by atoms with Gasteiger partial charge in [-0.05, 0) is 23.8 Å². The summed E-state index contributed by atoms with van der Waals surface area (Å²) in [6, 6.07) is 13.3. The number of methoxy groups -OCH3 is 1. The van der Waals surface area contributed by atoms with Crippen molar-refractivity contribution in [2.75, 3.05) is 26.8 Å². The van der Waals surface area contributed by atoms with Gasteiger partial charge in [0.15, 0.2) is 11.5 Å². The summed E-state index contributed by atoms with van der Waals surface area (Å²) in [6.45, 7) is 2.46. The Morgan fingerprint density at radius 1 is 1.17 bits per heavy atom. The van der Waals surface area contributed by atoms with Crippen LogP contribution in [0.2, 0.25) is 5.02 Å². The molecule has 1 unspecified atom stereocenters. The Morgan fingerprint density at radius 3 is 2.74 bits per heavy atom. The summed E-state index contributed by atoms with van der Waals surface area (Å²) in [7, 11) is 1.62. The van der Waals surface area contributed by atoms with Crippen LogP contribution in [0.5, 0.6) is 17.2 Å². The molecular weight excluding hydrogens is 314 g/mol. The predicted octanol–water partition coefficient (Wildman–Crippen LogP) is 3.67. The molecule has 1 aliphatic rings. The SMILES string of the molecule is COc1ccccc1Oc1c(Cl)cccc1CC1CNCCO1. The zero-order valence-corrected chi connectivity index (χ0v) is 13.8. The van der Waals surface area contributed by atoms with Crippen molar-refractivity contribution in [3.63, 3.8) is 0 Å². The van der Waals surface area contributed by atoms with Gasteiger partial charge in [-0.3, -0.25) is 0 Å². The number of halogens is 1. The summed E-state index contributed by atoms with van der Waals surface area (Å²) in [6.07, 6.45) is 0.875. The Hall–Kier alpha value is -1.75. The van der Waals surface area contributed by atoms with Crippen LogP contribution in [0.25, 0.3) is 0 Å². The molecular formula is C18H20ClNO3. The molecule has 1 fully saturated rings. The Balaban J connectivity index is 1.85. The van der Waals surface area contributed by atoms with E-state index in [1.807, 2.05) is 42.5 Å². The number of morpholine rings is 1. The first-order valence-corrected chi connectivity index (χ1v) is 8.06. The molecule has 0 amide bonds. The third kappa shape index (κ3) is 3.96. The molecule has 0 radical (unpaired) electrons. The van der Waals surface area contributed by atoms with Crippen LogP contribution in [0.3, 0.4) is 0 Å². The fourth-order valence-corrected chi connectivity index (χ4v) is 2.87. The Kier molecular flexibility index (Phi) is 5.39. The molecule has 0 aromatic heterocycles. The lowest BCUT2D eigenvalue weighted by molar-refractivity contribution is 0.0289. The second kappa shape index (κ2) is 7.68. The maximum atomic E-state index is 6.37. The molecule has 0 spiro atoms. The average molecular weight is 334 g/mol. The summed E-state index contributed by atoms with van der Waals surface area (Å²) in [5.41, 5.74) is 1.03. The second-order valence-electron chi connectivity index (χ2n) is 5.38. The third-order valence-corrected chi connectivity index (χ3v) is 4.08. The van der Waals surface area contributed by atoms with E-state index in [4.69, 9.17) is 25.8 Å². The minimum atomic E-state index is 0.127. The van der Waals surface area contributed by atoms with Gasteiger partial charge in [-0.15, -0.1) is 0 Å². The first kappa shape index (κ1) is 16.1. The minimum Gasteiger partial charge on any atom is -0.493 e. The van der Waals surface area contributed by atoms with Crippen LogP contribution in [-0.2, 0) is 11.2 Å². The lowest BCUT2D eigenvalue weighted by atomic mass is 10.1. The number of rotatable bonds is 5. The molecule has 23 heavy (non-hydrogen) atoms. The Morgan fingerprint density at radius 2 is 2.00 bits per heavy atom. The smallest absolute Gasteiger partial charge is 0.169 e. The van der Waals surface area contributed by atoms with Crippen LogP contribution in [0.4, 0.5) is 0 Å². The van der Waals surface area contributed by atoms with E-state index >= 15 is 0 Å². The molecule has 4 nitrogen and oxygen atoms in total. The largest absolute Gasteiger partial charge is 0.493 e. The number of para-hydroxylation sites is 3. The molecule has 1 aliphatic heterocycles. The highest BCUT2D eigenvalue weighted by atomic mass is 35.5. The molecule has 122 valence electrons. The van der Waals surface area contributed by atoms with Crippen LogP contribution < -0.4 is 14.8 Å². The molecule has 0 bridgehead atoms. The van der Waals surface area contributed by atoms with Gasteiger partial charge in [0.2, 0.25) is 0 Å². The molecule has 0 aliphatic carbocycles. The van der Waals surface area contributed by atoms with E-state index in [1.54, 1.807) is 7.11 Å². The summed E-state index contributed by atoms with van der Waals surface area (Å²) < 4.78 is 17.2. The third-order valence-electron chi connectivity index (χ3n) is 3.78. The van der Waals surface area contributed by atoms with Crippen molar-refractivity contribution in [3.8, 4) is 17.2 Å². The highest BCUT2D eigenvalue weighted by Crippen LogP contribution is 2.37. The van der Waals surface area contributed by atoms with Crippen molar-refractivity contribution in [1.29, 1.82) is 0 Å². The highest BCUT2D eigenvalue weighted by molar-refractivity contribution is 6.32. The van der Waals surface area contributed by atoms with E-state index in [-0.39, 0.29) is 6.10 Å². The van der Waals surface area contributed by atoms with Gasteiger partial charge in [0.1, 0.15) is 5.75 Å². The number of benzene rings is 2. The molecule has 1 N–H and O–H groups in total. The summed E-state index contributed by atoms with van der Waals surface area (Å²) in [4.78, 5) is 0. The van der Waals surface area contributed by atoms with E-state index in [0.29, 0.717) is 22.3 Å². The van der Waals surface area contributed by atoms with E-state index in [2.05, 4.69) is 5.32 Å². The van der Waals surface area contributed by atoms with Gasteiger partial charge >= 0.3 is 0 Å². The number of hydrogen-bond donors (Lipinski definition) is 1. The molecule has 5 heteroatoms. The topological polar surface area (TPSA) is 39.7 Å². The van der Waals surface area contributed by atoms with Crippen molar-refractivity contribution >= 4 is 11.6 Å². The molecule has 1 atom stereocenters. The standard InChI is InChI=1S/C18H20ClNO3/c1-21-16-7-2-3-8-17(16)23-18-13(5-4-6-15(18)19)11-14-12-20-9-10-22-14/h2-8,14,20H,9-12H2,1H3. The minimum absolute atomic E-state index is 0.127. The van der Waals surface area contributed by atoms with Crippen molar-refractivity contribution < 1.29 is 14.2 Å². The zero-order valence-electron chi connectivity index (χ0n) is 13.0. The van der Waals surface area contributed by atoms with Crippen molar-refractivity contribution in [2.24, 2.45) is 0 Å². The van der Waals surface area contributed by atoms with E-state index in [9.17, 15) is 0 Å². The molecule has 1 saturated heterocycles. The van der Waals surface area contributed by atoms with E-state index < -0.39 is 0 Å². The molecule has 3 rings (SSSR count). The van der Waals surface area contributed by atoms with Crippen LogP contribution in [0.15, 0.2) is 42.5 Å². The number of hydrogen-bond acceptors (Lipinski definition) is 4. The van der Waals surface area contributed by atoms with Crippen LogP contribution in [-0.4, -0.2) is 32.9 Å². The van der Waals surface area contributed by atoms with Gasteiger partial charge in [0.05, 0.1) is 24.8 Å². The van der Waals surface area contributed by atoms with Crippen molar-refractivity contribution in [1.82, 2.24) is 5.32 Å². The first-order valence-electron chi connectivity index (χ1n) is 7.68. The van der Waals surface area contributed by atoms with E-state index in [1.165, 1.54) is 0 Å². The Bertz CT molecular complexity index is 656. The van der Waals surface area contributed by atoms with Gasteiger partial charge in [0.25, 0.3) is 0 Å². The van der Waals surface area contributed by atoms with E-state index in [0.717, 1.165) is 31.7 Å². The lowest BCUT2D eigenvalue weighted by Gasteiger charge is -2.24. The van der Waals surface area contributed by atoms with Crippen LogP contribution >= 0.6 is 11.6 Å². The zero-order chi connectivity index (χ0) is 16.1. The van der Waals surface area contributed by atoms with Gasteiger partial charge in [-0.25, -0.2) is 0 Å². The van der Waals surface area contributed by atoms with Crippen molar-refractivity contribution in [2.45, 2.75) is 12.5 Å². The summed E-state index contributed by atoms with van der Waals surface area (Å²) >= 11 is 6.37. The first-order chi connectivity index (χ1) is 11.3. The maximum Gasteiger partial charge on any atom is 0.169 e. The second-order valence-corrected chi connectivity index (χ2v) is 5.79. The average Bonchev–Trinajstić information content (AvgIpc) is 2.59. The lowest BCUT2D eigenvalue weighted by Crippen LogP contribution is -2.39. The van der Waals surface area contributed by atoms with Crippen LogP contribution in [0, 0.1) is 0 Å². The fourth-order valence-electron chi connectivity index (χ4n) is 2.64. The van der Waals surface area contributed by atoms with Crippen LogP contribution in [0.1, 0.15) is 5.56 Å². The van der Waals surface area contributed by atoms with Gasteiger partial charge < -0.3 is 19.5 Å². The number of nitrogens with one attached hydrogen (secondary N) is 1. The number of ether oxygens (including phenoxy) is 3. The van der Waals surface area contributed by atoms with Gasteiger partial charge in [-0.1, -0.05) is 35.9 Å². The normalized spacial score (nSPS) is 17.7. The highest BCUT2D eigenvalue weighted by Gasteiger charge is 2.19. The quantitative estimate of drug-likeness (QED) is 0.906. The predicted molar refractivity (Wildman–Crippen MR) is 90.8 cm³/mol. The Labute approximate surface area is 141 Å². The monoisotopic (exact) mass is 333 g/mol. The molecule has 1 heterocycles. The fraction of sp³-hybridized carbons (Fsp3) is 0.333. The van der Waals surface area contributed by atoms with Gasteiger partial charge in [0, 0.05) is 19.5 Å². The maximum absolute atomic E-state index is 6.37. The summed E-state index contributed by atoms with van der Waals surface area (Å²) in [5, 5.41) is 3.92. The molecule has 2 aromatic rings. The van der Waals surface area contributed by atoms with Crippen molar-refractivity contribution in [3.05, 3.63) is 53.1 Å². The summed E-state index contributed by atoms with van der Waals surface area (Å²) in [5.74, 6) is 1.98. The molecule has 2 aromatic carbocycles.